The molecule has 0 aliphatic rings. The van der Waals surface area contributed by atoms with Crippen LogP contribution >= 0.6 is 0 Å². The summed E-state index contributed by atoms with van der Waals surface area (Å²) in [6, 6.07) is 33.8. The number of esters is 1. The summed E-state index contributed by atoms with van der Waals surface area (Å²) in [5.74, 6) is -0.672. The first kappa shape index (κ1) is 28.1. The second-order valence-electron chi connectivity index (χ2n) is 9.27. The van der Waals surface area contributed by atoms with E-state index in [9.17, 15) is 14.4 Å². The molecular weight excluding hydrogens is 502 g/mol. The Bertz CT molecular complexity index is 1420. The lowest BCUT2D eigenvalue weighted by Crippen LogP contribution is -2.28. The lowest BCUT2D eigenvalue weighted by atomic mass is 9.88. The highest BCUT2D eigenvalue weighted by molar-refractivity contribution is 5.96. The van der Waals surface area contributed by atoms with Crippen molar-refractivity contribution in [3.8, 4) is 0 Å². The Morgan fingerprint density at radius 3 is 2.10 bits per heavy atom. The maximum Gasteiger partial charge on any atom is 0.319 e. The monoisotopic (exact) mass is 535 g/mol. The van der Waals surface area contributed by atoms with Crippen molar-refractivity contribution in [1.82, 2.24) is 10.6 Å². The van der Waals surface area contributed by atoms with Gasteiger partial charge in [-0.3, -0.25) is 9.59 Å². The van der Waals surface area contributed by atoms with Crippen LogP contribution in [0.15, 0.2) is 109 Å². The second kappa shape index (κ2) is 14.3. The van der Waals surface area contributed by atoms with Crippen LogP contribution in [0.25, 0.3) is 0 Å². The molecule has 0 aliphatic heterocycles. The molecule has 0 saturated carbocycles. The molecule has 3 amide bonds. The largest absolute Gasteiger partial charge is 0.466 e. The molecule has 4 rings (SSSR count). The lowest BCUT2D eigenvalue weighted by molar-refractivity contribution is -0.143. The molecule has 0 fully saturated rings. The molecule has 0 saturated heterocycles. The normalized spacial score (nSPS) is 11.2. The predicted molar refractivity (Wildman–Crippen MR) is 156 cm³/mol. The number of anilines is 1. The second-order valence-corrected chi connectivity index (χ2v) is 9.27. The van der Waals surface area contributed by atoms with Crippen LogP contribution in [0.3, 0.4) is 0 Å². The molecule has 204 valence electrons. The molecule has 0 spiro atoms. The van der Waals surface area contributed by atoms with Crippen molar-refractivity contribution in [3.63, 3.8) is 0 Å². The topological polar surface area (TPSA) is 96.5 Å². The smallest absolute Gasteiger partial charge is 0.319 e. The van der Waals surface area contributed by atoms with Crippen molar-refractivity contribution >= 4 is 23.6 Å². The van der Waals surface area contributed by atoms with Crippen LogP contribution in [0.1, 0.15) is 51.9 Å². The molecule has 4 aromatic carbocycles. The van der Waals surface area contributed by atoms with Crippen LogP contribution in [0, 0.1) is 0 Å². The van der Waals surface area contributed by atoms with E-state index in [2.05, 4.69) is 16.0 Å². The zero-order valence-corrected chi connectivity index (χ0v) is 22.4. The van der Waals surface area contributed by atoms with Gasteiger partial charge in [-0.05, 0) is 47.4 Å². The minimum Gasteiger partial charge on any atom is -0.466 e. The van der Waals surface area contributed by atoms with Crippen molar-refractivity contribution in [1.29, 1.82) is 0 Å². The Balaban J connectivity index is 1.37. The molecule has 3 N–H and O–H groups in total. The highest BCUT2D eigenvalue weighted by atomic mass is 16.5. The fraction of sp³-hybridized carbons (Fsp3) is 0.182. The summed E-state index contributed by atoms with van der Waals surface area (Å²) in [6.45, 7) is 2.84. The number of amides is 3. The third-order valence-corrected chi connectivity index (χ3v) is 6.36. The van der Waals surface area contributed by atoms with Gasteiger partial charge in [0.05, 0.1) is 13.0 Å². The molecule has 0 radical (unpaired) electrons. The summed E-state index contributed by atoms with van der Waals surface area (Å²) >= 11 is 0. The molecule has 0 aliphatic carbocycles. The summed E-state index contributed by atoms with van der Waals surface area (Å²) < 4.78 is 5.21. The van der Waals surface area contributed by atoms with E-state index in [4.69, 9.17) is 4.74 Å². The number of hydrogen-bond donors (Lipinski definition) is 3. The summed E-state index contributed by atoms with van der Waals surface area (Å²) in [6.07, 6.45) is 0.229. The molecule has 7 heteroatoms. The molecule has 1 unspecified atom stereocenters. The molecule has 0 bridgehead atoms. The SMILES string of the molecule is CCOC(=O)CC(c1ccccc1)c1cccc(CNC(=O)c2cccc(NC(=O)NCc3ccccc3)c2)c1. The number of nitrogens with one attached hydrogen (secondary N) is 3. The van der Waals surface area contributed by atoms with E-state index in [1.165, 1.54) is 0 Å². The van der Waals surface area contributed by atoms with Crippen LogP contribution in [-0.2, 0) is 22.6 Å². The fourth-order valence-electron chi connectivity index (χ4n) is 4.40. The standard InChI is InChI=1S/C33H33N3O4/c1-2-40-31(37)21-30(26-14-7-4-8-15-26)27-16-9-13-25(19-27)23-34-32(38)28-17-10-18-29(20-28)36-33(39)35-22-24-11-5-3-6-12-24/h3-20,30H,2,21-23H2,1H3,(H,34,38)(H2,35,36,39). The van der Waals surface area contributed by atoms with Gasteiger partial charge in [-0.2, -0.15) is 0 Å². The number of carbonyl (C=O) groups is 3. The zero-order valence-electron chi connectivity index (χ0n) is 22.4. The van der Waals surface area contributed by atoms with E-state index in [1.54, 1.807) is 31.2 Å². The number of carbonyl (C=O) groups excluding carboxylic acids is 3. The fourth-order valence-corrected chi connectivity index (χ4v) is 4.40. The number of rotatable bonds is 11. The van der Waals surface area contributed by atoms with Crippen molar-refractivity contribution in [3.05, 3.63) is 137 Å². The van der Waals surface area contributed by atoms with Crippen molar-refractivity contribution in [2.45, 2.75) is 32.4 Å². The van der Waals surface area contributed by atoms with Crippen LogP contribution in [0.5, 0.6) is 0 Å². The Hall–Kier alpha value is -4.91. The first-order chi connectivity index (χ1) is 19.5. The van der Waals surface area contributed by atoms with E-state index in [1.807, 2.05) is 84.9 Å². The van der Waals surface area contributed by atoms with E-state index >= 15 is 0 Å². The summed E-state index contributed by atoms with van der Waals surface area (Å²) in [4.78, 5) is 37.6. The van der Waals surface area contributed by atoms with Crippen LogP contribution < -0.4 is 16.0 Å². The Morgan fingerprint density at radius 2 is 1.35 bits per heavy atom. The predicted octanol–water partition coefficient (Wildman–Crippen LogP) is 6.02. The van der Waals surface area contributed by atoms with E-state index in [-0.39, 0.29) is 30.2 Å². The van der Waals surface area contributed by atoms with E-state index < -0.39 is 0 Å². The van der Waals surface area contributed by atoms with Crippen molar-refractivity contribution in [2.75, 3.05) is 11.9 Å². The first-order valence-corrected chi connectivity index (χ1v) is 13.3. The zero-order chi connectivity index (χ0) is 28.2. The van der Waals surface area contributed by atoms with Crippen LogP contribution in [0.4, 0.5) is 10.5 Å². The highest BCUT2D eigenvalue weighted by Gasteiger charge is 2.19. The average Bonchev–Trinajstić information content (AvgIpc) is 2.99. The first-order valence-electron chi connectivity index (χ1n) is 13.3. The van der Waals surface area contributed by atoms with Gasteiger partial charge in [0.25, 0.3) is 5.91 Å². The quantitative estimate of drug-likeness (QED) is 0.205. The summed E-state index contributed by atoms with van der Waals surface area (Å²) in [5, 5.41) is 8.53. The van der Waals surface area contributed by atoms with Gasteiger partial charge in [0.1, 0.15) is 0 Å². The Morgan fingerprint density at radius 1 is 0.700 bits per heavy atom. The van der Waals surface area contributed by atoms with Crippen molar-refractivity contribution < 1.29 is 19.1 Å². The van der Waals surface area contributed by atoms with Gasteiger partial charge in [-0.25, -0.2) is 4.79 Å². The van der Waals surface area contributed by atoms with E-state index in [0.29, 0.717) is 30.9 Å². The molecule has 0 heterocycles. The van der Waals surface area contributed by atoms with Crippen LogP contribution in [-0.4, -0.2) is 24.5 Å². The van der Waals surface area contributed by atoms with E-state index in [0.717, 1.165) is 22.3 Å². The van der Waals surface area contributed by atoms with Gasteiger partial charge in [0.2, 0.25) is 0 Å². The molecular formula is C33H33N3O4. The maximum absolute atomic E-state index is 12.9. The van der Waals surface area contributed by atoms with Crippen LogP contribution in [0.2, 0.25) is 0 Å². The number of benzene rings is 4. The Labute approximate surface area is 234 Å². The molecule has 40 heavy (non-hydrogen) atoms. The Kier molecular flexibility index (Phi) is 10.0. The minimum atomic E-state index is -0.353. The minimum absolute atomic E-state index is 0.160. The van der Waals surface area contributed by atoms with Gasteiger partial charge >= 0.3 is 12.0 Å². The third-order valence-electron chi connectivity index (χ3n) is 6.36. The van der Waals surface area contributed by atoms with Gasteiger partial charge in [-0.15, -0.1) is 0 Å². The maximum atomic E-state index is 12.9. The molecule has 1 atom stereocenters. The lowest BCUT2D eigenvalue weighted by Gasteiger charge is -2.18. The third kappa shape index (κ3) is 8.30. The summed E-state index contributed by atoms with van der Waals surface area (Å²) in [7, 11) is 0. The van der Waals surface area contributed by atoms with Gasteiger partial charge < -0.3 is 20.7 Å². The molecule has 4 aromatic rings. The van der Waals surface area contributed by atoms with Gasteiger partial charge in [0, 0.05) is 30.3 Å². The number of urea groups is 1. The number of ether oxygens (including phenoxy) is 1. The summed E-state index contributed by atoms with van der Waals surface area (Å²) in [5.41, 5.74) is 4.84. The van der Waals surface area contributed by atoms with Gasteiger partial charge in [-0.1, -0.05) is 91.0 Å². The van der Waals surface area contributed by atoms with Crippen molar-refractivity contribution in [2.24, 2.45) is 0 Å². The van der Waals surface area contributed by atoms with Gasteiger partial charge in [0.15, 0.2) is 0 Å². The highest BCUT2D eigenvalue weighted by Crippen LogP contribution is 2.29. The molecule has 7 nitrogen and oxygen atoms in total. The average molecular weight is 536 g/mol. The number of hydrogen-bond acceptors (Lipinski definition) is 4. The molecule has 0 aromatic heterocycles.